The largest absolute Gasteiger partial charge is 0.336 e. The molecule has 1 aromatic heterocycles. The SMILES string of the molecule is CCc1nnc(N2CCNC(C)(C)C2)nc1CC. The van der Waals surface area contributed by atoms with Crippen LogP contribution in [0.15, 0.2) is 0 Å². The van der Waals surface area contributed by atoms with Crippen molar-refractivity contribution in [1.29, 1.82) is 0 Å². The van der Waals surface area contributed by atoms with Crippen LogP contribution in [0, 0.1) is 0 Å². The van der Waals surface area contributed by atoms with E-state index < -0.39 is 0 Å². The van der Waals surface area contributed by atoms with Crippen LogP contribution in [-0.4, -0.2) is 40.4 Å². The predicted molar refractivity (Wildman–Crippen MR) is 72.9 cm³/mol. The standard InChI is InChI=1S/C13H23N5/c1-5-10-11(6-2)16-17-12(15-10)18-8-7-14-13(3,4)9-18/h14H,5-9H2,1-4H3. The Hall–Kier alpha value is -1.23. The molecule has 0 atom stereocenters. The summed E-state index contributed by atoms with van der Waals surface area (Å²) in [5.41, 5.74) is 2.21. The van der Waals surface area contributed by atoms with Gasteiger partial charge in [-0.05, 0) is 26.7 Å². The molecule has 5 nitrogen and oxygen atoms in total. The monoisotopic (exact) mass is 249 g/mol. The quantitative estimate of drug-likeness (QED) is 0.872. The van der Waals surface area contributed by atoms with Crippen LogP contribution in [-0.2, 0) is 12.8 Å². The summed E-state index contributed by atoms with van der Waals surface area (Å²) in [6, 6.07) is 0. The molecule has 1 fully saturated rings. The van der Waals surface area contributed by atoms with Crippen LogP contribution in [0.25, 0.3) is 0 Å². The Kier molecular flexibility index (Phi) is 3.80. The molecule has 0 aliphatic carbocycles. The van der Waals surface area contributed by atoms with Crippen molar-refractivity contribution in [3.05, 3.63) is 11.4 Å². The summed E-state index contributed by atoms with van der Waals surface area (Å²) in [7, 11) is 0. The van der Waals surface area contributed by atoms with Crippen LogP contribution in [0.2, 0.25) is 0 Å². The van der Waals surface area contributed by atoms with Gasteiger partial charge in [-0.15, -0.1) is 5.10 Å². The van der Waals surface area contributed by atoms with Crippen LogP contribution in [0.5, 0.6) is 0 Å². The minimum atomic E-state index is 0.109. The van der Waals surface area contributed by atoms with E-state index in [4.69, 9.17) is 0 Å². The first-order valence-corrected chi connectivity index (χ1v) is 6.78. The minimum Gasteiger partial charge on any atom is -0.336 e. The molecule has 1 aliphatic heterocycles. The molecule has 0 saturated carbocycles. The number of nitrogens with zero attached hydrogens (tertiary/aromatic N) is 4. The van der Waals surface area contributed by atoms with E-state index in [1.807, 2.05) is 0 Å². The zero-order chi connectivity index (χ0) is 13.2. The van der Waals surface area contributed by atoms with Crippen LogP contribution >= 0.6 is 0 Å². The van der Waals surface area contributed by atoms with Gasteiger partial charge in [0.25, 0.3) is 0 Å². The molecule has 0 spiro atoms. The summed E-state index contributed by atoms with van der Waals surface area (Å²) in [5, 5.41) is 12.1. The number of hydrogen-bond donors (Lipinski definition) is 1. The van der Waals surface area contributed by atoms with Crippen molar-refractivity contribution in [1.82, 2.24) is 20.5 Å². The summed E-state index contributed by atoms with van der Waals surface area (Å²) in [4.78, 5) is 6.90. The molecular weight excluding hydrogens is 226 g/mol. The van der Waals surface area contributed by atoms with Gasteiger partial charge in [0.15, 0.2) is 0 Å². The maximum Gasteiger partial charge on any atom is 0.245 e. The third-order valence-electron chi connectivity index (χ3n) is 3.35. The molecule has 1 aliphatic rings. The Bertz CT molecular complexity index is 416. The van der Waals surface area contributed by atoms with E-state index in [0.717, 1.165) is 49.8 Å². The lowest BCUT2D eigenvalue weighted by Crippen LogP contribution is -2.57. The van der Waals surface area contributed by atoms with Crippen LogP contribution in [0.4, 0.5) is 5.95 Å². The van der Waals surface area contributed by atoms with E-state index in [0.29, 0.717) is 0 Å². The summed E-state index contributed by atoms with van der Waals surface area (Å²) in [6.45, 7) is 11.4. The summed E-state index contributed by atoms with van der Waals surface area (Å²) in [5.74, 6) is 0.777. The van der Waals surface area contributed by atoms with Crippen LogP contribution in [0.1, 0.15) is 39.1 Å². The Morgan fingerprint density at radius 3 is 2.50 bits per heavy atom. The summed E-state index contributed by atoms with van der Waals surface area (Å²) >= 11 is 0. The molecule has 100 valence electrons. The van der Waals surface area contributed by atoms with Gasteiger partial charge in [0.1, 0.15) is 0 Å². The van der Waals surface area contributed by atoms with Crippen molar-refractivity contribution in [3.8, 4) is 0 Å². The van der Waals surface area contributed by atoms with Gasteiger partial charge in [0.2, 0.25) is 5.95 Å². The summed E-state index contributed by atoms with van der Waals surface area (Å²) < 4.78 is 0. The summed E-state index contributed by atoms with van der Waals surface area (Å²) in [6.07, 6.45) is 1.82. The molecule has 1 N–H and O–H groups in total. The first-order valence-electron chi connectivity index (χ1n) is 6.78. The van der Waals surface area contributed by atoms with Gasteiger partial charge in [-0.1, -0.05) is 13.8 Å². The van der Waals surface area contributed by atoms with Crippen LogP contribution in [0.3, 0.4) is 0 Å². The number of piperazine rings is 1. The number of aromatic nitrogens is 3. The van der Waals surface area contributed by atoms with Gasteiger partial charge in [-0.3, -0.25) is 0 Å². The normalized spacial score (nSPS) is 19.0. The van der Waals surface area contributed by atoms with E-state index in [-0.39, 0.29) is 5.54 Å². The number of rotatable bonds is 3. The minimum absolute atomic E-state index is 0.109. The molecule has 5 heteroatoms. The van der Waals surface area contributed by atoms with Gasteiger partial charge in [-0.2, -0.15) is 5.10 Å². The number of hydrogen-bond acceptors (Lipinski definition) is 5. The van der Waals surface area contributed by atoms with E-state index in [9.17, 15) is 0 Å². The molecule has 1 aromatic rings. The second-order valence-corrected chi connectivity index (χ2v) is 5.44. The van der Waals surface area contributed by atoms with E-state index >= 15 is 0 Å². The molecular formula is C13H23N5. The molecule has 18 heavy (non-hydrogen) atoms. The molecule has 2 heterocycles. The van der Waals surface area contributed by atoms with Gasteiger partial charge >= 0.3 is 0 Å². The van der Waals surface area contributed by atoms with Crippen molar-refractivity contribution >= 4 is 5.95 Å². The third-order valence-corrected chi connectivity index (χ3v) is 3.35. The third kappa shape index (κ3) is 2.77. The zero-order valence-electron chi connectivity index (χ0n) is 11.8. The highest BCUT2D eigenvalue weighted by molar-refractivity contribution is 5.32. The first-order chi connectivity index (χ1) is 8.55. The molecule has 0 radical (unpaired) electrons. The zero-order valence-corrected chi connectivity index (χ0v) is 11.8. The predicted octanol–water partition coefficient (Wildman–Crippen LogP) is 1.18. The molecule has 2 rings (SSSR count). The van der Waals surface area contributed by atoms with Crippen molar-refractivity contribution < 1.29 is 0 Å². The number of nitrogens with one attached hydrogen (secondary N) is 1. The highest BCUT2D eigenvalue weighted by atomic mass is 15.3. The highest BCUT2D eigenvalue weighted by Gasteiger charge is 2.27. The van der Waals surface area contributed by atoms with E-state index in [2.05, 4.69) is 53.1 Å². The van der Waals surface area contributed by atoms with E-state index in [1.54, 1.807) is 0 Å². The molecule has 0 amide bonds. The lowest BCUT2D eigenvalue weighted by Gasteiger charge is -2.39. The van der Waals surface area contributed by atoms with Crippen molar-refractivity contribution in [2.75, 3.05) is 24.5 Å². The Labute approximate surface area is 109 Å². The molecule has 1 saturated heterocycles. The molecule has 0 bridgehead atoms. The van der Waals surface area contributed by atoms with Gasteiger partial charge in [-0.25, -0.2) is 4.98 Å². The van der Waals surface area contributed by atoms with Crippen molar-refractivity contribution in [2.24, 2.45) is 0 Å². The lowest BCUT2D eigenvalue weighted by molar-refractivity contribution is 0.349. The lowest BCUT2D eigenvalue weighted by atomic mass is 10.0. The fourth-order valence-corrected chi connectivity index (χ4v) is 2.37. The van der Waals surface area contributed by atoms with Crippen molar-refractivity contribution in [2.45, 2.75) is 46.1 Å². The fourth-order valence-electron chi connectivity index (χ4n) is 2.37. The average Bonchev–Trinajstić information content (AvgIpc) is 2.36. The molecule has 0 unspecified atom stereocenters. The Morgan fingerprint density at radius 2 is 1.89 bits per heavy atom. The van der Waals surface area contributed by atoms with Gasteiger partial charge in [0.05, 0.1) is 11.4 Å². The maximum atomic E-state index is 4.68. The van der Waals surface area contributed by atoms with E-state index in [1.165, 1.54) is 0 Å². The highest BCUT2D eigenvalue weighted by Crippen LogP contribution is 2.16. The Morgan fingerprint density at radius 1 is 1.17 bits per heavy atom. The van der Waals surface area contributed by atoms with Crippen molar-refractivity contribution in [3.63, 3.8) is 0 Å². The molecule has 0 aromatic carbocycles. The fraction of sp³-hybridized carbons (Fsp3) is 0.769. The maximum absolute atomic E-state index is 4.68. The average molecular weight is 249 g/mol. The topological polar surface area (TPSA) is 53.9 Å². The smallest absolute Gasteiger partial charge is 0.245 e. The second-order valence-electron chi connectivity index (χ2n) is 5.44. The number of anilines is 1. The van der Waals surface area contributed by atoms with Crippen LogP contribution < -0.4 is 10.2 Å². The Balaban J connectivity index is 2.23. The van der Waals surface area contributed by atoms with Gasteiger partial charge in [0, 0.05) is 25.2 Å². The second kappa shape index (κ2) is 5.18. The number of aryl methyl sites for hydroxylation is 2. The van der Waals surface area contributed by atoms with Gasteiger partial charge < -0.3 is 10.2 Å². The first kappa shape index (κ1) is 13.2.